The second-order valence-electron chi connectivity index (χ2n) is 5.43. The third-order valence-corrected chi connectivity index (χ3v) is 5.04. The zero-order valence-corrected chi connectivity index (χ0v) is 10.9. The lowest BCUT2D eigenvalue weighted by atomic mass is 9.92. The largest absolute Gasteiger partial charge is 0.364 e. The van der Waals surface area contributed by atoms with Crippen LogP contribution in [-0.2, 0) is 0 Å². The molecular formula is C12H22N2S. The standard InChI is InChI=1S/C12H22N2S/c1-9(2)12(4-5-12)8-14-11-13-6-10(3)7-15-11/h9-10H,4-8H2,1-3H3,(H,13,14). The van der Waals surface area contributed by atoms with Crippen LogP contribution in [-0.4, -0.2) is 24.0 Å². The Morgan fingerprint density at radius 2 is 2.27 bits per heavy atom. The summed E-state index contributed by atoms with van der Waals surface area (Å²) < 4.78 is 0. The van der Waals surface area contributed by atoms with E-state index in [0.29, 0.717) is 5.41 Å². The first-order valence-corrected chi connectivity index (χ1v) is 7.02. The fourth-order valence-electron chi connectivity index (χ4n) is 2.04. The maximum Gasteiger partial charge on any atom is 0.156 e. The van der Waals surface area contributed by atoms with Gasteiger partial charge in [0.2, 0.25) is 0 Å². The average molecular weight is 226 g/mol. The summed E-state index contributed by atoms with van der Waals surface area (Å²) in [6.45, 7) is 9.08. The fourth-order valence-corrected chi connectivity index (χ4v) is 2.92. The van der Waals surface area contributed by atoms with E-state index in [4.69, 9.17) is 0 Å². The van der Waals surface area contributed by atoms with Crippen molar-refractivity contribution < 1.29 is 0 Å². The van der Waals surface area contributed by atoms with Crippen LogP contribution in [0.4, 0.5) is 0 Å². The molecule has 3 heteroatoms. The van der Waals surface area contributed by atoms with Crippen molar-refractivity contribution in [3.05, 3.63) is 0 Å². The van der Waals surface area contributed by atoms with Gasteiger partial charge in [-0.15, -0.1) is 0 Å². The molecule has 0 amide bonds. The Morgan fingerprint density at radius 3 is 2.73 bits per heavy atom. The van der Waals surface area contributed by atoms with Gasteiger partial charge in [-0.3, -0.25) is 4.99 Å². The van der Waals surface area contributed by atoms with Crippen molar-refractivity contribution in [2.75, 3.05) is 18.8 Å². The Labute approximate surface area is 97.3 Å². The Kier molecular flexibility index (Phi) is 3.29. The smallest absolute Gasteiger partial charge is 0.156 e. The van der Waals surface area contributed by atoms with E-state index in [1.165, 1.54) is 23.8 Å². The number of hydrogen-bond donors (Lipinski definition) is 1. The van der Waals surface area contributed by atoms with Gasteiger partial charge < -0.3 is 5.32 Å². The average Bonchev–Trinajstić information content (AvgIpc) is 2.98. The van der Waals surface area contributed by atoms with Crippen LogP contribution in [0.5, 0.6) is 0 Å². The van der Waals surface area contributed by atoms with Crippen LogP contribution in [0.2, 0.25) is 0 Å². The van der Waals surface area contributed by atoms with E-state index in [1.807, 2.05) is 11.8 Å². The molecule has 1 unspecified atom stereocenters. The molecule has 1 heterocycles. The molecule has 1 saturated carbocycles. The second-order valence-corrected chi connectivity index (χ2v) is 6.44. The Morgan fingerprint density at radius 1 is 1.53 bits per heavy atom. The number of amidine groups is 1. The minimum Gasteiger partial charge on any atom is -0.364 e. The van der Waals surface area contributed by atoms with Gasteiger partial charge in [0.15, 0.2) is 5.17 Å². The summed E-state index contributed by atoms with van der Waals surface area (Å²) in [6, 6.07) is 0. The predicted molar refractivity (Wildman–Crippen MR) is 68.4 cm³/mol. The minimum atomic E-state index is 0.589. The third kappa shape index (κ3) is 2.68. The summed E-state index contributed by atoms with van der Waals surface area (Å²) in [5.41, 5.74) is 0.589. The molecule has 86 valence electrons. The zero-order chi connectivity index (χ0) is 10.9. The Balaban J connectivity index is 1.79. The molecule has 1 atom stereocenters. The summed E-state index contributed by atoms with van der Waals surface area (Å²) >= 11 is 1.89. The van der Waals surface area contributed by atoms with Crippen LogP contribution in [0, 0.1) is 17.3 Å². The number of nitrogens with one attached hydrogen (secondary N) is 1. The van der Waals surface area contributed by atoms with Gasteiger partial charge in [0.05, 0.1) is 0 Å². The molecule has 1 aliphatic carbocycles. The lowest BCUT2D eigenvalue weighted by Gasteiger charge is -2.23. The van der Waals surface area contributed by atoms with Gasteiger partial charge in [-0.2, -0.15) is 0 Å². The summed E-state index contributed by atoms with van der Waals surface area (Å²) in [5, 5.41) is 4.72. The van der Waals surface area contributed by atoms with E-state index in [9.17, 15) is 0 Å². The van der Waals surface area contributed by atoms with Gasteiger partial charge in [0, 0.05) is 18.8 Å². The molecule has 1 aliphatic heterocycles. The SMILES string of the molecule is CC1CN=C(NCC2(C(C)C)CC2)SC1. The van der Waals surface area contributed by atoms with Crippen LogP contribution in [0.15, 0.2) is 4.99 Å². The van der Waals surface area contributed by atoms with Crippen molar-refractivity contribution in [2.24, 2.45) is 22.2 Å². The first-order valence-electron chi connectivity index (χ1n) is 6.03. The molecule has 0 radical (unpaired) electrons. The van der Waals surface area contributed by atoms with Gasteiger partial charge in [-0.05, 0) is 30.1 Å². The van der Waals surface area contributed by atoms with Crippen LogP contribution in [0.1, 0.15) is 33.6 Å². The van der Waals surface area contributed by atoms with Gasteiger partial charge in [0.1, 0.15) is 0 Å². The van der Waals surface area contributed by atoms with Gasteiger partial charge in [-0.25, -0.2) is 0 Å². The summed E-state index contributed by atoms with van der Waals surface area (Å²) in [7, 11) is 0. The van der Waals surface area contributed by atoms with Crippen LogP contribution < -0.4 is 5.32 Å². The summed E-state index contributed by atoms with van der Waals surface area (Å²) in [5.74, 6) is 2.78. The summed E-state index contributed by atoms with van der Waals surface area (Å²) in [6.07, 6.45) is 2.79. The molecule has 2 aliphatic rings. The van der Waals surface area contributed by atoms with Gasteiger partial charge in [-0.1, -0.05) is 32.5 Å². The van der Waals surface area contributed by atoms with Crippen molar-refractivity contribution in [2.45, 2.75) is 33.6 Å². The number of aliphatic imine (C=N–C) groups is 1. The molecule has 1 fully saturated rings. The first kappa shape index (κ1) is 11.3. The Hall–Kier alpha value is -0.180. The maximum atomic E-state index is 4.57. The molecule has 0 aromatic heterocycles. The topological polar surface area (TPSA) is 24.4 Å². The van der Waals surface area contributed by atoms with E-state index < -0.39 is 0 Å². The fraction of sp³-hybridized carbons (Fsp3) is 0.917. The van der Waals surface area contributed by atoms with Crippen molar-refractivity contribution >= 4 is 16.9 Å². The highest BCUT2D eigenvalue weighted by atomic mass is 32.2. The van der Waals surface area contributed by atoms with Crippen molar-refractivity contribution in [1.29, 1.82) is 0 Å². The first-order chi connectivity index (χ1) is 7.12. The Bertz CT molecular complexity index is 256. The molecule has 1 N–H and O–H groups in total. The highest BCUT2D eigenvalue weighted by molar-refractivity contribution is 8.13. The van der Waals surface area contributed by atoms with Gasteiger partial charge >= 0.3 is 0 Å². The number of thioether (sulfide) groups is 1. The van der Waals surface area contributed by atoms with Crippen molar-refractivity contribution in [1.82, 2.24) is 5.32 Å². The molecule has 0 aromatic rings. The van der Waals surface area contributed by atoms with E-state index in [-0.39, 0.29) is 0 Å². The molecular weight excluding hydrogens is 204 g/mol. The highest BCUT2D eigenvalue weighted by Crippen LogP contribution is 2.51. The molecule has 2 nitrogen and oxygen atoms in total. The second kappa shape index (κ2) is 4.36. The molecule has 0 bridgehead atoms. The van der Waals surface area contributed by atoms with E-state index >= 15 is 0 Å². The van der Waals surface area contributed by atoms with E-state index in [1.54, 1.807) is 0 Å². The van der Waals surface area contributed by atoms with Crippen LogP contribution >= 0.6 is 11.8 Å². The van der Waals surface area contributed by atoms with Gasteiger partial charge in [0.25, 0.3) is 0 Å². The lowest BCUT2D eigenvalue weighted by Crippen LogP contribution is -2.33. The highest BCUT2D eigenvalue weighted by Gasteiger charge is 2.45. The molecule has 2 rings (SSSR count). The molecule has 0 saturated heterocycles. The predicted octanol–water partition coefficient (Wildman–Crippen LogP) is 2.75. The van der Waals surface area contributed by atoms with Crippen LogP contribution in [0.3, 0.4) is 0 Å². The molecule has 0 aromatic carbocycles. The monoisotopic (exact) mass is 226 g/mol. The minimum absolute atomic E-state index is 0.589. The third-order valence-electron chi connectivity index (χ3n) is 3.76. The van der Waals surface area contributed by atoms with Crippen LogP contribution in [0.25, 0.3) is 0 Å². The van der Waals surface area contributed by atoms with Crippen molar-refractivity contribution in [3.8, 4) is 0 Å². The normalized spacial score (nSPS) is 28.8. The number of nitrogens with zero attached hydrogens (tertiary/aromatic N) is 1. The van der Waals surface area contributed by atoms with E-state index in [2.05, 4.69) is 31.1 Å². The molecule has 15 heavy (non-hydrogen) atoms. The van der Waals surface area contributed by atoms with E-state index in [0.717, 1.165) is 24.9 Å². The maximum absolute atomic E-state index is 4.57. The quantitative estimate of drug-likeness (QED) is 0.800. The zero-order valence-electron chi connectivity index (χ0n) is 10.0. The van der Waals surface area contributed by atoms with Crippen molar-refractivity contribution in [3.63, 3.8) is 0 Å². The summed E-state index contributed by atoms with van der Waals surface area (Å²) in [4.78, 5) is 4.57. The molecule has 0 spiro atoms. The number of rotatable bonds is 3. The lowest BCUT2D eigenvalue weighted by molar-refractivity contribution is 0.357. The number of hydrogen-bond acceptors (Lipinski definition) is 3.